The number of nitrogens with one attached hydrogen (secondary N) is 2. The standard InChI is InChI=1S/C20H24N4O2/c1-13(21)16-12-15(5-6-17(16)22)20(25)24-19(14-7-10-26-11-8-14)18-4-2-3-9-23-18/h2-6,9,12,14,19,21H,7-8,10-11,22H2,1H3,(H,24,25). The van der Waals surface area contributed by atoms with Crippen molar-refractivity contribution < 1.29 is 9.53 Å². The quantitative estimate of drug-likeness (QED) is 0.569. The Labute approximate surface area is 153 Å². The third kappa shape index (κ3) is 4.08. The Bertz CT molecular complexity index is 786. The van der Waals surface area contributed by atoms with Crippen LogP contribution in [-0.4, -0.2) is 29.8 Å². The van der Waals surface area contributed by atoms with Crippen LogP contribution in [0.2, 0.25) is 0 Å². The number of nitrogens with zero attached hydrogens (tertiary/aromatic N) is 1. The minimum atomic E-state index is -0.186. The Morgan fingerprint density at radius 3 is 2.73 bits per heavy atom. The number of nitrogen functional groups attached to an aromatic ring is 1. The van der Waals surface area contributed by atoms with E-state index in [0.717, 1.165) is 18.5 Å². The van der Waals surface area contributed by atoms with E-state index in [1.807, 2.05) is 18.2 Å². The Morgan fingerprint density at radius 2 is 2.08 bits per heavy atom. The van der Waals surface area contributed by atoms with E-state index in [2.05, 4.69) is 10.3 Å². The molecule has 1 amide bonds. The number of benzene rings is 1. The smallest absolute Gasteiger partial charge is 0.251 e. The summed E-state index contributed by atoms with van der Waals surface area (Å²) in [6.45, 7) is 3.05. The SMILES string of the molecule is CC(=N)c1cc(C(=O)NC(c2ccccn2)C2CCOCC2)ccc1N. The van der Waals surface area contributed by atoms with Gasteiger partial charge in [0.25, 0.3) is 5.91 Å². The molecule has 6 nitrogen and oxygen atoms in total. The number of carbonyl (C=O) groups is 1. The van der Waals surface area contributed by atoms with Gasteiger partial charge in [0, 0.05) is 41.9 Å². The number of hydrogen-bond acceptors (Lipinski definition) is 5. The third-order valence-electron chi connectivity index (χ3n) is 4.75. The molecule has 0 bridgehead atoms. The van der Waals surface area contributed by atoms with Crippen molar-refractivity contribution in [3.63, 3.8) is 0 Å². The molecule has 6 heteroatoms. The van der Waals surface area contributed by atoms with E-state index in [4.69, 9.17) is 15.9 Å². The average Bonchev–Trinajstić information content (AvgIpc) is 2.67. The van der Waals surface area contributed by atoms with Gasteiger partial charge in [-0.05, 0) is 56.0 Å². The summed E-state index contributed by atoms with van der Waals surface area (Å²) in [6.07, 6.45) is 3.51. The maximum absolute atomic E-state index is 12.9. The number of nitrogens with two attached hydrogens (primary N) is 1. The number of hydrogen-bond donors (Lipinski definition) is 3. The summed E-state index contributed by atoms with van der Waals surface area (Å²) in [5, 5.41) is 11.0. The monoisotopic (exact) mass is 352 g/mol. The molecule has 1 aliphatic rings. The minimum Gasteiger partial charge on any atom is -0.398 e. The van der Waals surface area contributed by atoms with Gasteiger partial charge in [0.2, 0.25) is 0 Å². The van der Waals surface area contributed by atoms with E-state index < -0.39 is 0 Å². The Hall–Kier alpha value is -2.73. The molecule has 1 atom stereocenters. The fourth-order valence-electron chi connectivity index (χ4n) is 3.29. The second-order valence-corrected chi connectivity index (χ2v) is 6.58. The highest BCUT2D eigenvalue weighted by atomic mass is 16.5. The van der Waals surface area contributed by atoms with Gasteiger partial charge in [-0.25, -0.2) is 0 Å². The first-order valence-corrected chi connectivity index (χ1v) is 8.81. The molecule has 1 unspecified atom stereocenters. The number of aromatic nitrogens is 1. The lowest BCUT2D eigenvalue weighted by molar-refractivity contribution is 0.0508. The number of pyridine rings is 1. The predicted molar refractivity (Wildman–Crippen MR) is 101 cm³/mol. The van der Waals surface area contributed by atoms with Crippen molar-refractivity contribution in [2.45, 2.75) is 25.8 Å². The normalized spacial score (nSPS) is 16.0. The highest BCUT2D eigenvalue weighted by Crippen LogP contribution is 2.29. The van der Waals surface area contributed by atoms with Crippen LogP contribution in [0, 0.1) is 11.3 Å². The number of anilines is 1. The van der Waals surface area contributed by atoms with Gasteiger partial charge < -0.3 is 21.2 Å². The molecule has 1 aromatic heterocycles. The molecule has 0 saturated carbocycles. The van der Waals surface area contributed by atoms with Crippen LogP contribution >= 0.6 is 0 Å². The summed E-state index contributed by atoms with van der Waals surface area (Å²) in [6, 6.07) is 10.6. The minimum absolute atomic E-state index is 0.172. The van der Waals surface area contributed by atoms with Crippen molar-refractivity contribution in [3.8, 4) is 0 Å². The molecule has 2 heterocycles. The summed E-state index contributed by atoms with van der Waals surface area (Å²) >= 11 is 0. The second kappa shape index (κ2) is 8.10. The van der Waals surface area contributed by atoms with Crippen LogP contribution in [-0.2, 0) is 4.74 Å². The van der Waals surface area contributed by atoms with E-state index in [0.29, 0.717) is 35.7 Å². The van der Waals surface area contributed by atoms with E-state index >= 15 is 0 Å². The molecule has 26 heavy (non-hydrogen) atoms. The summed E-state index contributed by atoms with van der Waals surface area (Å²) in [5.41, 5.74) is 8.67. The molecule has 4 N–H and O–H groups in total. The largest absolute Gasteiger partial charge is 0.398 e. The lowest BCUT2D eigenvalue weighted by atomic mass is 9.89. The van der Waals surface area contributed by atoms with Gasteiger partial charge in [-0.1, -0.05) is 6.07 Å². The molecule has 2 aromatic rings. The number of ether oxygens (including phenoxy) is 1. The second-order valence-electron chi connectivity index (χ2n) is 6.58. The van der Waals surface area contributed by atoms with Crippen molar-refractivity contribution in [1.82, 2.24) is 10.3 Å². The Balaban J connectivity index is 1.85. The van der Waals surface area contributed by atoms with Gasteiger partial charge in [0.05, 0.1) is 11.7 Å². The maximum atomic E-state index is 12.9. The van der Waals surface area contributed by atoms with Crippen molar-refractivity contribution in [1.29, 1.82) is 5.41 Å². The molecule has 1 fully saturated rings. The van der Waals surface area contributed by atoms with Crippen molar-refractivity contribution in [2.24, 2.45) is 5.92 Å². The molecular formula is C20H24N4O2. The van der Waals surface area contributed by atoms with Crippen molar-refractivity contribution >= 4 is 17.3 Å². The van der Waals surface area contributed by atoms with Gasteiger partial charge in [0.1, 0.15) is 0 Å². The van der Waals surface area contributed by atoms with Crippen LogP contribution in [0.1, 0.15) is 47.4 Å². The van der Waals surface area contributed by atoms with Gasteiger partial charge in [-0.3, -0.25) is 9.78 Å². The van der Waals surface area contributed by atoms with Gasteiger partial charge in [-0.15, -0.1) is 0 Å². The zero-order chi connectivity index (χ0) is 18.5. The fraction of sp³-hybridized carbons (Fsp3) is 0.350. The lowest BCUT2D eigenvalue weighted by Crippen LogP contribution is -2.36. The summed E-state index contributed by atoms with van der Waals surface area (Å²) < 4.78 is 5.46. The zero-order valence-corrected chi connectivity index (χ0v) is 14.9. The van der Waals surface area contributed by atoms with Crippen LogP contribution in [0.5, 0.6) is 0 Å². The molecule has 1 aliphatic heterocycles. The van der Waals surface area contributed by atoms with Gasteiger partial charge >= 0.3 is 0 Å². The Morgan fingerprint density at radius 1 is 1.31 bits per heavy atom. The number of carbonyl (C=O) groups excluding carboxylic acids is 1. The third-order valence-corrected chi connectivity index (χ3v) is 4.75. The highest BCUT2D eigenvalue weighted by Gasteiger charge is 2.28. The van der Waals surface area contributed by atoms with Crippen LogP contribution in [0.25, 0.3) is 0 Å². The van der Waals surface area contributed by atoms with Crippen LogP contribution < -0.4 is 11.1 Å². The van der Waals surface area contributed by atoms with E-state index in [1.54, 1.807) is 31.3 Å². The van der Waals surface area contributed by atoms with Gasteiger partial charge in [0.15, 0.2) is 0 Å². The van der Waals surface area contributed by atoms with Crippen LogP contribution in [0.4, 0.5) is 5.69 Å². The average molecular weight is 352 g/mol. The molecule has 0 spiro atoms. The zero-order valence-electron chi connectivity index (χ0n) is 14.9. The Kier molecular flexibility index (Phi) is 5.63. The first-order chi connectivity index (χ1) is 12.6. The van der Waals surface area contributed by atoms with Crippen molar-refractivity contribution in [2.75, 3.05) is 18.9 Å². The van der Waals surface area contributed by atoms with E-state index in [1.165, 1.54) is 0 Å². The molecule has 1 saturated heterocycles. The molecular weight excluding hydrogens is 328 g/mol. The molecule has 136 valence electrons. The molecule has 3 rings (SSSR count). The van der Waals surface area contributed by atoms with Gasteiger partial charge in [-0.2, -0.15) is 0 Å². The number of rotatable bonds is 5. The summed E-state index contributed by atoms with van der Waals surface area (Å²) in [7, 11) is 0. The summed E-state index contributed by atoms with van der Waals surface area (Å²) in [4.78, 5) is 17.3. The summed E-state index contributed by atoms with van der Waals surface area (Å²) in [5.74, 6) is 0.0926. The topological polar surface area (TPSA) is 101 Å². The first-order valence-electron chi connectivity index (χ1n) is 8.81. The predicted octanol–water partition coefficient (Wildman–Crippen LogP) is 2.95. The van der Waals surface area contributed by atoms with Crippen LogP contribution in [0.15, 0.2) is 42.6 Å². The highest BCUT2D eigenvalue weighted by molar-refractivity contribution is 6.04. The maximum Gasteiger partial charge on any atom is 0.251 e. The number of amides is 1. The van der Waals surface area contributed by atoms with E-state index in [9.17, 15) is 4.79 Å². The molecule has 0 radical (unpaired) electrons. The van der Waals surface area contributed by atoms with Crippen LogP contribution in [0.3, 0.4) is 0 Å². The van der Waals surface area contributed by atoms with E-state index in [-0.39, 0.29) is 17.9 Å². The lowest BCUT2D eigenvalue weighted by Gasteiger charge is -2.30. The molecule has 1 aromatic carbocycles. The van der Waals surface area contributed by atoms with Crippen molar-refractivity contribution in [3.05, 3.63) is 59.4 Å². The fourth-order valence-corrected chi connectivity index (χ4v) is 3.29. The first kappa shape index (κ1) is 18.1. The molecule has 0 aliphatic carbocycles.